The highest BCUT2D eigenvalue weighted by Gasteiger charge is 2.53. The Labute approximate surface area is 168 Å². The molecule has 2 N–H and O–H groups in total. The van der Waals surface area contributed by atoms with Crippen molar-refractivity contribution in [2.24, 2.45) is 23.2 Å². The number of nitrogens with one attached hydrogen (secondary N) is 2. The summed E-state index contributed by atoms with van der Waals surface area (Å²) < 4.78 is 0. The molecule has 0 heterocycles. The zero-order valence-corrected chi connectivity index (χ0v) is 16.8. The predicted molar refractivity (Wildman–Crippen MR) is 111 cm³/mol. The summed E-state index contributed by atoms with van der Waals surface area (Å²) in [7, 11) is 0. The third-order valence-corrected chi connectivity index (χ3v) is 7.26. The SMILES string of the molecule is CC(NC(=O)CCNC(=O)/C=C/c1ccccc1)C12CC3CC(CC(C3)C1)C2. The van der Waals surface area contributed by atoms with Gasteiger partial charge in [0.1, 0.15) is 0 Å². The first-order valence-electron chi connectivity index (χ1n) is 10.8. The van der Waals surface area contributed by atoms with Crippen molar-refractivity contribution in [1.29, 1.82) is 0 Å². The van der Waals surface area contributed by atoms with E-state index in [1.807, 2.05) is 30.3 Å². The van der Waals surface area contributed by atoms with E-state index in [0.717, 1.165) is 23.3 Å². The standard InChI is InChI=1S/C24H32N2O2/c1-17(24-14-19-11-20(15-24)13-21(12-19)16-24)26-23(28)9-10-25-22(27)8-7-18-5-3-2-4-6-18/h2-8,17,19-21H,9-16H2,1H3,(H,25,27)(H,26,28)/b8-7+. The lowest BCUT2D eigenvalue weighted by Gasteiger charge is -2.59. The van der Waals surface area contributed by atoms with Gasteiger partial charge in [0.15, 0.2) is 0 Å². The zero-order chi connectivity index (χ0) is 19.6. The number of benzene rings is 1. The second kappa shape index (κ2) is 8.10. The summed E-state index contributed by atoms with van der Waals surface area (Å²) in [6.45, 7) is 2.57. The van der Waals surface area contributed by atoms with Crippen molar-refractivity contribution in [1.82, 2.24) is 10.6 Å². The number of amides is 2. The number of hydrogen-bond donors (Lipinski definition) is 2. The fraction of sp³-hybridized carbons (Fsp3) is 0.583. The minimum atomic E-state index is -0.161. The topological polar surface area (TPSA) is 58.2 Å². The number of carbonyl (C=O) groups excluding carboxylic acids is 2. The maximum Gasteiger partial charge on any atom is 0.244 e. The summed E-state index contributed by atoms with van der Waals surface area (Å²) in [5, 5.41) is 6.07. The van der Waals surface area contributed by atoms with E-state index >= 15 is 0 Å². The van der Waals surface area contributed by atoms with Gasteiger partial charge in [-0.1, -0.05) is 30.3 Å². The van der Waals surface area contributed by atoms with Gasteiger partial charge in [-0.2, -0.15) is 0 Å². The zero-order valence-electron chi connectivity index (χ0n) is 16.8. The molecule has 5 rings (SSSR count). The summed E-state index contributed by atoms with van der Waals surface area (Å²) >= 11 is 0. The third kappa shape index (κ3) is 4.31. The summed E-state index contributed by atoms with van der Waals surface area (Å²) in [5.74, 6) is 2.56. The first kappa shape index (κ1) is 19.2. The monoisotopic (exact) mass is 380 g/mol. The van der Waals surface area contributed by atoms with Crippen LogP contribution in [0.3, 0.4) is 0 Å². The van der Waals surface area contributed by atoms with Gasteiger partial charge >= 0.3 is 0 Å². The van der Waals surface area contributed by atoms with Gasteiger partial charge in [0.05, 0.1) is 0 Å². The Bertz CT molecular complexity index is 705. The molecule has 1 aromatic carbocycles. The molecular weight excluding hydrogens is 348 g/mol. The third-order valence-electron chi connectivity index (χ3n) is 7.26. The van der Waals surface area contributed by atoms with Crippen LogP contribution < -0.4 is 10.6 Å². The van der Waals surface area contributed by atoms with Crippen molar-refractivity contribution in [3.05, 3.63) is 42.0 Å². The molecule has 0 aliphatic heterocycles. The Morgan fingerprint density at radius 3 is 2.29 bits per heavy atom. The normalized spacial score (nSPS) is 31.7. The molecule has 4 saturated carbocycles. The van der Waals surface area contributed by atoms with Crippen molar-refractivity contribution >= 4 is 17.9 Å². The van der Waals surface area contributed by atoms with E-state index < -0.39 is 0 Å². The van der Waals surface area contributed by atoms with E-state index in [2.05, 4.69) is 17.6 Å². The van der Waals surface area contributed by atoms with E-state index in [-0.39, 0.29) is 17.9 Å². The van der Waals surface area contributed by atoms with Crippen molar-refractivity contribution in [2.75, 3.05) is 6.54 Å². The molecule has 0 saturated heterocycles. The molecule has 1 atom stereocenters. The minimum absolute atomic E-state index is 0.0515. The van der Waals surface area contributed by atoms with E-state index in [1.165, 1.54) is 44.6 Å². The van der Waals surface area contributed by atoms with Crippen molar-refractivity contribution in [2.45, 2.75) is 57.9 Å². The van der Waals surface area contributed by atoms with Crippen LogP contribution in [0.1, 0.15) is 57.4 Å². The highest BCUT2D eigenvalue weighted by molar-refractivity contribution is 5.92. The Morgan fingerprint density at radius 1 is 1.07 bits per heavy atom. The van der Waals surface area contributed by atoms with Gasteiger partial charge in [-0.15, -0.1) is 0 Å². The second-order valence-corrected chi connectivity index (χ2v) is 9.35. The molecule has 4 aliphatic rings. The Hall–Kier alpha value is -2.10. The van der Waals surface area contributed by atoms with E-state index in [0.29, 0.717) is 18.4 Å². The molecule has 0 aromatic heterocycles. The van der Waals surface area contributed by atoms with Gasteiger partial charge < -0.3 is 10.6 Å². The van der Waals surface area contributed by atoms with Crippen LogP contribution >= 0.6 is 0 Å². The van der Waals surface area contributed by atoms with Gasteiger partial charge in [-0.3, -0.25) is 9.59 Å². The molecule has 1 unspecified atom stereocenters. The smallest absolute Gasteiger partial charge is 0.244 e. The van der Waals surface area contributed by atoms with Crippen LogP contribution in [-0.4, -0.2) is 24.4 Å². The fourth-order valence-electron chi connectivity index (χ4n) is 6.27. The van der Waals surface area contributed by atoms with Crippen molar-refractivity contribution in [3.63, 3.8) is 0 Å². The minimum Gasteiger partial charge on any atom is -0.353 e. The van der Waals surface area contributed by atoms with Gasteiger partial charge in [0, 0.05) is 25.1 Å². The second-order valence-electron chi connectivity index (χ2n) is 9.35. The molecule has 1 aromatic rings. The highest BCUT2D eigenvalue weighted by Crippen LogP contribution is 2.61. The predicted octanol–water partition coefficient (Wildman–Crippen LogP) is 3.93. The first-order chi connectivity index (χ1) is 13.5. The molecular formula is C24H32N2O2. The van der Waals surface area contributed by atoms with Gasteiger partial charge in [0.2, 0.25) is 11.8 Å². The van der Waals surface area contributed by atoms with E-state index in [1.54, 1.807) is 6.08 Å². The van der Waals surface area contributed by atoms with Gasteiger partial charge in [0.25, 0.3) is 0 Å². The summed E-state index contributed by atoms with van der Waals surface area (Å²) in [4.78, 5) is 24.3. The molecule has 150 valence electrons. The summed E-state index contributed by atoms with van der Waals surface area (Å²) in [5.41, 5.74) is 1.31. The summed E-state index contributed by atoms with van der Waals surface area (Å²) in [6.07, 6.45) is 11.8. The van der Waals surface area contributed by atoms with E-state index in [4.69, 9.17) is 0 Å². The largest absolute Gasteiger partial charge is 0.353 e. The summed E-state index contributed by atoms with van der Waals surface area (Å²) in [6, 6.07) is 9.95. The molecule has 4 aliphatic carbocycles. The van der Waals surface area contributed by atoms with Gasteiger partial charge in [-0.05, 0) is 80.3 Å². The molecule has 4 heteroatoms. The molecule has 28 heavy (non-hydrogen) atoms. The molecule has 4 nitrogen and oxygen atoms in total. The highest BCUT2D eigenvalue weighted by atomic mass is 16.2. The lowest BCUT2D eigenvalue weighted by atomic mass is 9.48. The maximum atomic E-state index is 12.4. The average Bonchev–Trinajstić information content (AvgIpc) is 2.66. The average molecular weight is 381 g/mol. The fourth-order valence-corrected chi connectivity index (χ4v) is 6.27. The Kier molecular flexibility index (Phi) is 5.56. The number of rotatable bonds is 7. The van der Waals surface area contributed by atoms with Crippen LogP contribution in [0.15, 0.2) is 36.4 Å². The van der Waals surface area contributed by atoms with Crippen LogP contribution in [0.4, 0.5) is 0 Å². The molecule has 0 spiro atoms. The molecule has 0 radical (unpaired) electrons. The number of hydrogen-bond acceptors (Lipinski definition) is 2. The van der Waals surface area contributed by atoms with Crippen molar-refractivity contribution in [3.8, 4) is 0 Å². The Morgan fingerprint density at radius 2 is 1.68 bits per heavy atom. The van der Waals surface area contributed by atoms with Gasteiger partial charge in [-0.25, -0.2) is 0 Å². The van der Waals surface area contributed by atoms with Crippen molar-refractivity contribution < 1.29 is 9.59 Å². The maximum absolute atomic E-state index is 12.4. The van der Waals surface area contributed by atoms with Crippen LogP contribution in [0.5, 0.6) is 0 Å². The molecule has 2 amide bonds. The first-order valence-corrected chi connectivity index (χ1v) is 10.8. The van der Waals surface area contributed by atoms with Crippen LogP contribution in [-0.2, 0) is 9.59 Å². The molecule has 4 fully saturated rings. The quantitative estimate of drug-likeness (QED) is 0.704. The lowest BCUT2D eigenvalue weighted by molar-refractivity contribution is -0.125. The van der Waals surface area contributed by atoms with Crippen LogP contribution in [0.25, 0.3) is 6.08 Å². The lowest BCUT2D eigenvalue weighted by Crippen LogP contribution is -2.56. The number of carbonyl (C=O) groups is 2. The Balaban J connectivity index is 1.20. The molecule has 4 bridgehead atoms. The van der Waals surface area contributed by atoms with Crippen LogP contribution in [0, 0.1) is 23.2 Å². The van der Waals surface area contributed by atoms with E-state index in [9.17, 15) is 9.59 Å². The van der Waals surface area contributed by atoms with Crippen LogP contribution in [0.2, 0.25) is 0 Å².